The minimum absolute atomic E-state index is 0.353. The third kappa shape index (κ3) is 6.01. The lowest BCUT2D eigenvalue weighted by atomic mass is 10.2. The molecule has 0 aliphatic carbocycles. The molecule has 1 N–H and O–H groups in total. The molecule has 1 heterocycles. The Hall–Kier alpha value is -2.51. The standard InChI is InChI=1S/C19H20ClNO5S/c1-12(19(23)21-11-14-5-4-8-27-14)26-17(22)7-6-13-9-15(20)18(25-3)16(10-13)24-2/h4-10,12H,11H2,1-3H3,(H,21,23)/b7-6+/t12-/m1/s1. The normalized spacial score (nSPS) is 11.9. The fourth-order valence-corrected chi connectivity index (χ4v) is 3.14. The molecule has 1 atom stereocenters. The highest BCUT2D eigenvalue weighted by molar-refractivity contribution is 7.09. The molecule has 8 heteroatoms. The van der Waals surface area contributed by atoms with Gasteiger partial charge in [0.15, 0.2) is 17.6 Å². The first kappa shape index (κ1) is 20.8. The molecular weight excluding hydrogens is 390 g/mol. The van der Waals surface area contributed by atoms with Crippen LogP contribution >= 0.6 is 22.9 Å². The van der Waals surface area contributed by atoms with Gasteiger partial charge in [-0.3, -0.25) is 4.79 Å². The number of nitrogens with one attached hydrogen (secondary N) is 1. The molecule has 1 aromatic carbocycles. The summed E-state index contributed by atoms with van der Waals surface area (Å²) >= 11 is 7.66. The predicted octanol–water partition coefficient (Wildman–Crippen LogP) is 3.68. The number of amides is 1. The summed E-state index contributed by atoms with van der Waals surface area (Å²) in [7, 11) is 2.98. The Balaban J connectivity index is 1.92. The predicted molar refractivity (Wildman–Crippen MR) is 105 cm³/mol. The molecule has 0 saturated heterocycles. The van der Waals surface area contributed by atoms with Gasteiger partial charge in [-0.25, -0.2) is 4.79 Å². The smallest absolute Gasteiger partial charge is 0.331 e. The van der Waals surface area contributed by atoms with Crippen molar-refractivity contribution in [1.82, 2.24) is 5.32 Å². The van der Waals surface area contributed by atoms with E-state index < -0.39 is 12.1 Å². The molecule has 27 heavy (non-hydrogen) atoms. The minimum atomic E-state index is -0.906. The second kappa shape index (κ2) is 9.99. The monoisotopic (exact) mass is 409 g/mol. The molecule has 1 amide bonds. The summed E-state index contributed by atoms with van der Waals surface area (Å²) in [6.45, 7) is 1.92. The summed E-state index contributed by atoms with van der Waals surface area (Å²) in [6, 6.07) is 7.12. The third-order valence-corrected chi connectivity index (χ3v) is 4.70. The van der Waals surface area contributed by atoms with Gasteiger partial charge in [-0.05, 0) is 42.1 Å². The lowest BCUT2D eigenvalue weighted by Crippen LogP contribution is -2.34. The van der Waals surface area contributed by atoms with E-state index in [1.54, 1.807) is 12.1 Å². The van der Waals surface area contributed by atoms with Crippen LogP contribution in [-0.2, 0) is 20.9 Å². The van der Waals surface area contributed by atoms with Gasteiger partial charge in [-0.1, -0.05) is 17.7 Å². The molecule has 0 unspecified atom stereocenters. The van der Waals surface area contributed by atoms with E-state index in [2.05, 4.69) is 5.32 Å². The van der Waals surface area contributed by atoms with Crippen LogP contribution in [0.1, 0.15) is 17.4 Å². The first-order valence-electron chi connectivity index (χ1n) is 8.05. The van der Waals surface area contributed by atoms with E-state index in [1.807, 2.05) is 17.5 Å². The summed E-state index contributed by atoms with van der Waals surface area (Å²) in [6.07, 6.45) is 1.84. The molecule has 0 aliphatic rings. The van der Waals surface area contributed by atoms with E-state index in [0.717, 1.165) is 4.88 Å². The molecule has 2 aromatic rings. The number of hydrogen-bond acceptors (Lipinski definition) is 6. The van der Waals surface area contributed by atoms with Crippen molar-refractivity contribution in [2.75, 3.05) is 14.2 Å². The van der Waals surface area contributed by atoms with Gasteiger partial charge in [0.2, 0.25) is 0 Å². The summed E-state index contributed by atoms with van der Waals surface area (Å²) in [5, 5.41) is 5.00. The molecule has 0 aliphatic heterocycles. The quantitative estimate of drug-likeness (QED) is 0.531. The largest absolute Gasteiger partial charge is 0.493 e. The zero-order valence-electron chi connectivity index (χ0n) is 15.2. The van der Waals surface area contributed by atoms with Crippen LogP contribution in [0.15, 0.2) is 35.7 Å². The van der Waals surface area contributed by atoms with E-state index in [0.29, 0.717) is 28.6 Å². The van der Waals surface area contributed by atoms with Crippen LogP contribution in [0.4, 0.5) is 0 Å². The second-order valence-corrected chi connectivity index (χ2v) is 6.89. The number of ether oxygens (including phenoxy) is 3. The number of carbonyl (C=O) groups is 2. The first-order chi connectivity index (χ1) is 12.9. The Morgan fingerprint density at radius 2 is 2.07 bits per heavy atom. The number of thiophene rings is 1. The zero-order chi connectivity index (χ0) is 19.8. The maximum atomic E-state index is 12.0. The highest BCUT2D eigenvalue weighted by Gasteiger charge is 2.16. The van der Waals surface area contributed by atoms with E-state index in [9.17, 15) is 9.59 Å². The number of halogens is 1. The molecule has 1 aromatic heterocycles. The average Bonchev–Trinajstić information content (AvgIpc) is 3.17. The zero-order valence-corrected chi connectivity index (χ0v) is 16.7. The fraction of sp³-hybridized carbons (Fsp3) is 0.263. The number of benzene rings is 1. The molecule has 6 nitrogen and oxygen atoms in total. The van der Waals surface area contributed by atoms with E-state index in [4.69, 9.17) is 25.8 Å². The molecule has 2 rings (SSSR count). The van der Waals surface area contributed by atoms with E-state index in [1.165, 1.54) is 44.6 Å². The van der Waals surface area contributed by atoms with Crippen LogP contribution in [-0.4, -0.2) is 32.2 Å². The topological polar surface area (TPSA) is 73.9 Å². The van der Waals surface area contributed by atoms with Gasteiger partial charge in [-0.15, -0.1) is 11.3 Å². The maximum absolute atomic E-state index is 12.0. The first-order valence-corrected chi connectivity index (χ1v) is 9.30. The summed E-state index contributed by atoms with van der Waals surface area (Å²) < 4.78 is 15.5. The van der Waals surface area contributed by atoms with Crippen molar-refractivity contribution in [3.05, 3.63) is 51.2 Å². The van der Waals surface area contributed by atoms with Crippen LogP contribution in [0.3, 0.4) is 0 Å². The Morgan fingerprint density at radius 1 is 1.30 bits per heavy atom. The van der Waals surface area contributed by atoms with Gasteiger partial charge in [0.05, 0.1) is 25.8 Å². The van der Waals surface area contributed by atoms with Gasteiger partial charge >= 0.3 is 5.97 Å². The highest BCUT2D eigenvalue weighted by Crippen LogP contribution is 2.36. The van der Waals surface area contributed by atoms with Crippen molar-refractivity contribution in [1.29, 1.82) is 0 Å². The second-order valence-electron chi connectivity index (χ2n) is 5.45. The third-order valence-electron chi connectivity index (χ3n) is 3.55. The number of methoxy groups -OCH3 is 2. The van der Waals surface area contributed by atoms with Crippen LogP contribution in [0.2, 0.25) is 5.02 Å². The van der Waals surface area contributed by atoms with Crippen molar-refractivity contribution in [2.45, 2.75) is 19.6 Å². The molecule has 0 bridgehead atoms. The summed E-state index contributed by atoms with van der Waals surface area (Å²) in [5.74, 6) is -0.145. The Bertz CT molecular complexity index is 820. The van der Waals surface area contributed by atoms with Crippen LogP contribution < -0.4 is 14.8 Å². The van der Waals surface area contributed by atoms with Gasteiger partial charge in [0.25, 0.3) is 5.91 Å². The Labute approximate surface area is 166 Å². The van der Waals surface area contributed by atoms with Crippen molar-refractivity contribution >= 4 is 40.9 Å². The molecule has 0 spiro atoms. The molecule has 0 saturated carbocycles. The highest BCUT2D eigenvalue weighted by atomic mass is 35.5. The molecule has 0 fully saturated rings. The fourth-order valence-electron chi connectivity index (χ4n) is 2.20. The van der Waals surface area contributed by atoms with Crippen LogP contribution in [0.25, 0.3) is 6.08 Å². The van der Waals surface area contributed by atoms with E-state index in [-0.39, 0.29) is 5.91 Å². The number of hydrogen-bond donors (Lipinski definition) is 1. The maximum Gasteiger partial charge on any atom is 0.331 e. The molecule has 0 radical (unpaired) electrons. The minimum Gasteiger partial charge on any atom is -0.493 e. The van der Waals surface area contributed by atoms with Gasteiger partial charge in [-0.2, -0.15) is 0 Å². The van der Waals surface area contributed by atoms with Gasteiger partial charge < -0.3 is 19.5 Å². The van der Waals surface area contributed by atoms with Gasteiger partial charge in [0, 0.05) is 11.0 Å². The summed E-state index contributed by atoms with van der Waals surface area (Å²) in [4.78, 5) is 25.0. The molecule has 144 valence electrons. The number of carbonyl (C=O) groups excluding carboxylic acids is 2. The van der Waals surface area contributed by atoms with E-state index >= 15 is 0 Å². The summed E-state index contributed by atoms with van der Waals surface area (Å²) in [5.41, 5.74) is 0.629. The van der Waals surface area contributed by atoms with Crippen LogP contribution in [0, 0.1) is 0 Å². The number of rotatable bonds is 8. The SMILES string of the molecule is COc1cc(/C=C/C(=O)O[C@H](C)C(=O)NCc2cccs2)cc(Cl)c1OC. The molecular formula is C19H20ClNO5S. The van der Waals surface area contributed by atoms with Crippen molar-refractivity contribution in [3.63, 3.8) is 0 Å². The number of esters is 1. The Morgan fingerprint density at radius 3 is 2.70 bits per heavy atom. The lowest BCUT2D eigenvalue weighted by molar-refractivity contribution is -0.150. The van der Waals surface area contributed by atoms with Crippen molar-refractivity contribution in [2.24, 2.45) is 0 Å². The van der Waals surface area contributed by atoms with Crippen molar-refractivity contribution in [3.8, 4) is 11.5 Å². The van der Waals surface area contributed by atoms with Crippen molar-refractivity contribution < 1.29 is 23.8 Å². The van der Waals surface area contributed by atoms with Gasteiger partial charge in [0.1, 0.15) is 0 Å². The van der Waals surface area contributed by atoms with Crippen LogP contribution in [0.5, 0.6) is 11.5 Å². The average molecular weight is 410 g/mol. The Kier molecular flexibility index (Phi) is 7.69. The lowest BCUT2D eigenvalue weighted by Gasteiger charge is -2.12.